The summed E-state index contributed by atoms with van der Waals surface area (Å²) in [6, 6.07) is 30.0. The minimum Gasteiger partial charge on any atom is -0.497 e. The quantitative estimate of drug-likeness (QED) is 0.203. The van der Waals surface area contributed by atoms with Crippen LogP contribution in [0, 0.1) is 12.3 Å². The summed E-state index contributed by atoms with van der Waals surface area (Å²) in [5, 5.41) is 26.0. The van der Waals surface area contributed by atoms with Crippen molar-refractivity contribution in [2.24, 2.45) is 0 Å². The topological polar surface area (TPSA) is 102 Å². The average molecular weight is 545 g/mol. The smallest absolute Gasteiger partial charge is 0.220 e. The fraction of sp³-hybridized carbons (Fsp3) is 0.152. The molecule has 1 fully saturated rings. The molecule has 1 saturated heterocycles. The van der Waals surface area contributed by atoms with E-state index in [1.165, 1.54) is 6.33 Å². The lowest BCUT2D eigenvalue weighted by Gasteiger charge is -2.37. The SMILES string of the molecule is C#C[C@@]1(O)[C@H](O)C(=C)O[C@H]1n1ccc2c(NC(c3ccccc3)(c3ccccc3)c3ccc(OC)cc3)ncnc21. The molecule has 3 N–H and O–H groups in total. The van der Waals surface area contributed by atoms with Gasteiger partial charge in [0.2, 0.25) is 11.8 Å². The lowest BCUT2D eigenvalue weighted by atomic mass is 9.77. The molecule has 0 bridgehead atoms. The van der Waals surface area contributed by atoms with Crippen LogP contribution >= 0.6 is 0 Å². The second kappa shape index (κ2) is 10.1. The van der Waals surface area contributed by atoms with Gasteiger partial charge in [-0.15, -0.1) is 6.42 Å². The van der Waals surface area contributed by atoms with Crippen molar-refractivity contribution in [1.82, 2.24) is 14.5 Å². The molecule has 204 valence electrons. The molecule has 1 aliphatic rings. The second-order valence-corrected chi connectivity index (χ2v) is 9.83. The number of rotatable bonds is 7. The maximum atomic E-state index is 11.1. The normalized spacial score (nSPS) is 20.4. The van der Waals surface area contributed by atoms with Crippen LogP contribution in [0.25, 0.3) is 11.0 Å². The predicted octanol–water partition coefficient (Wildman–Crippen LogP) is 4.61. The minimum absolute atomic E-state index is 0.0172. The molecule has 8 nitrogen and oxygen atoms in total. The van der Waals surface area contributed by atoms with Gasteiger partial charge < -0.3 is 25.0 Å². The molecule has 8 heteroatoms. The fourth-order valence-corrected chi connectivity index (χ4v) is 5.47. The zero-order valence-corrected chi connectivity index (χ0v) is 22.3. The number of benzene rings is 3. The molecule has 3 aromatic carbocycles. The van der Waals surface area contributed by atoms with E-state index in [4.69, 9.17) is 15.9 Å². The number of nitrogens with one attached hydrogen (secondary N) is 1. The molecule has 0 amide bonds. The van der Waals surface area contributed by atoms with Crippen molar-refractivity contribution in [2.45, 2.75) is 23.5 Å². The molecule has 0 aliphatic carbocycles. The number of fused-ring (bicyclic) bond motifs is 1. The first-order valence-electron chi connectivity index (χ1n) is 13.0. The number of aliphatic hydroxyl groups excluding tert-OH is 1. The highest BCUT2D eigenvalue weighted by Crippen LogP contribution is 2.44. The van der Waals surface area contributed by atoms with Gasteiger partial charge in [-0.25, -0.2) is 9.97 Å². The number of methoxy groups -OCH3 is 1. The molecule has 0 radical (unpaired) electrons. The van der Waals surface area contributed by atoms with Gasteiger partial charge in [-0.2, -0.15) is 0 Å². The second-order valence-electron chi connectivity index (χ2n) is 9.83. The van der Waals surface area contributed by atoms with Crippen molar-refractivity contribution in [1.29, 1.82) is 0 Å². The molecule has 0 saturated carbocycles. The summed E-state index contributed by atoms with van der Waals surface area (Å²) in [5.74, 6) is 3.55. The number of anilines is 1. The van der Waals surface area contributed by atoms with Crippen molar-refractivity contribution in [3.8, 4) is 18.1 Å². The third-order valence-electron chi connectivity index (χ3n) is 7.60. The molecule has 3 atom stereocenters. The zero-order chi connectivity index (χ0) is 28.6. The standard InChI is InChI=1S/C33H28N4O4/c1-4-32(39)28(38)22(2)41-31(32)37-20-19-27-29(34-21-35-30(27)37)36-33(23-11-7-5-8-12-23,24-13-9-6-10-14-24)25-15-17-26(40-3)18-16-25/h1,5-21,28,31,38-39H,2H2,3H3,(H,34,35,36)/t28-,31-,32-/m1/s1. The summed E-state index contributed by atoms with van der Waals surface area (Å²) in [7, 11) is 1.64. The summed E-state index contributed by atoms with van der Waals surface area (Å²) in [6.07, 6.45) is 6.19. The highest BCUT2D eigenvalue weighted by atomic mass is 16.6. The number of hydrogen-bond acceptors (Lipinski definition) is 7. The molecule has 1 aliphatic heterocycles. The molecule has 3 heterocycles. The predicted molar refractivity (Wildman–Crippen MR) is 156 cm³/mol. The van der Waals surface area contributed by atoms with E-state index in [0.717, 1.165) is 22.4 Å². The summed E-state index contributed by atoms with van der Waals surface area (Å²) >= 11 is 0. The van der Waals surface area contributed by atoms with E-state index in [2.05, 4.69) is 52.0 Å². The first-order valence-corrected chi connectivity index (χ1v) is 13.0. The van der Waals surface area contributed by atoms with Crippen LogP contribution in [-0.2, 0) is 10.3 Å². The lowest BCUT2D eigenvalue weighted by Crippen LogP contribution is -2.43. The lowest BCUT2D eigenvalue weighted by molar-refractivity contribution is -0.0627. The monoisotopic (exact) mass is 544 g/mol. The van der Waals surface area contributed by atoms with Crippen molar-refractivity contribution in [2.75, 3.05) is 12.4 Å². The maximum absolute atomic E-state index is 11.1. The highest BCUT2D eigenvalue weighted by Gasteiger charge is 2.53. The number of hydrogen-bond donors (Lipinski definition) is 3. The number of nitrogens with zero attached hydrogens (tertiary/aromatic N) is 3. The first-order chi connectivity index (χ1) is 19.9. The summed E-state index contributed by atoms with van der Waals surface area (Å²) < 4.78 is 12.8. The third kappa shape index (κ3) is 4.11. The van der Waals surface area contributed by atoms with Crippen LogP contribution in [0.1, 0.15) is 22.9 Å². The van der Waals surface area contributed by atoms with Crippen molar-refractivity contribution in [3.63, 3.8) is 0 Å². The Balaban J connectivity index is 1.55. The number of ether oxygens (including phenoxy) is 2. The van der Waals surface area contributed by atoms with Crippen LogP contribution in [0.2, 0.25) is 0 Å². The summed E-state index contributed by atoms with van der Waals surface area (Å²) in [6.45, 7) is 3.70. The fourth-order valence-electron chi connectivity index (χ4n) is 5.47. The summed E-state index contributed by atoms with van der Waals surface area (Å²) in [4.78, 5) is 9.15. The van der Waals surface area contributed by atoms with E-state index >= 15 is 0 Å². The molecule has 41 heavy (non-hydrogen) atoms. The Morgan fingerprint density at radius 1 is 0.976 bits per heavy atom. The third-order valence-corrected chi connectivity index (χ3v) is 7.60. The molecule has 5 aromatic rings. The molecule has 0 spiro atoms. The van der Waals surface area contributed by atoms with Crippen molar-refractivity contribution >= 4 is 16.9 Å². The van der Waals surface area contributed by atoms with E-state index in [1.54, 1.807) is 17.9 Å². The first kappa shape index (κ1) is 26.1. The Hall–Kier alpha value is -5.10. The van der Waals surface area contributed by atoms with E-state index in [-0.39, 0.29) is 5.76 Å². The Labute approximate surface area is 237 Å². The van der Waals surface area contributed by atoms with E-state index < -0.39 is 23.5 Å². The number of aliphatic hydroxyl groups is 2. The van der Waals surface area contributed by atoms with E-state index in [0.29, 0.717) is 16.9 Å². The van der Waals surface area contributed by atoms with Gasteiger partial charge in [-0.3, -0.25) is 4.57 Å². The molecule has 2 aromatic heterocycles. The van der Waals surface area contributed by atoms with Gasteiger partial charge in [0.1, 0.15) is 34.8 Å². The van der Waals surface area contributed by atoms with Gasteiger partial charge in [0.05, 0.1) is 12.5 Å². The van der Waals surface area contributed by atoms with Gasteiger partial charge in [0.25, 0.3) is 0 Å². The summed E-state index contributed by atoms with van der Waals surface area (Å²) in [5.41, 5.74) is 0.495. The van der Waals surface area contributed by atoms with Gasteiger partial charge in [0.15, 0.2) is 6.10 Å². The van der Waals surface area contributed by atoms with Crippen molar-refractivity contribution in [3.05, 3.63) is 133 Å². The Kier molecular flexibility index (Phi) is 6.46. The molecule has 6 rings (SSSR count). The van der Waals surface area contributed by atoms with Gasteiger partial charge in [0, 0.05) is 6.20 Å². The maximum Gasteiger partial charge on any atom is 0.220 e. The minimum atomic E-state index is -2.03. The van der Waals surface area contributed by atoms with Gasteiger partial charge in [-0.05, 0) is 34.9 Å². The Morgan fingerprint density at radius 3 is 2.17 bits per heavy atom. The largest absolute Gasteiger partial charge is 0.497 e. The van der Waals surface area contributed by atoms with Gasteiger partial charge >= 0.3 is 0 Å². The zero-order valence-electron chi connectivity index (χ0n) is 22.3. The molecule has 0 unspecified atom stereocenters. The van der Waals surface area contributed by atoms with Crippen molar-refractivity contribution < 1.29 is 19.7 Å². The number of terminal acetylenes is 1. The average Bonchev–Trinajstić information content (AvgIpc) is 3.56. The van der Waals surface area contributed by atoms with Crippen LogP contribution in [0.5, 0.6) is 5.75 Å². The molecular weight excluding hydrogens is 516 g/mol. The van der Waals surface area contributed by atoms with E-state index in [1.807, 2.05) is 66.7 Å². The van der Waals surface area contributed by atoms with Crippen LogP contribution in [-0.4, -0.2) is 43.6 Å². The highest BCUT2D eigenvalue weighted by molar-refractivity contribution is 5.88. The van der Waals surface area contributed by atoms with E-state index in [9.17, 15) is 10.2 Å². The van der Waals surface area contributed by atoms with Crippen LogP contribution in [0.4, 0.5) is 5.82 Å². The molecular formula is C33H28N4O4. The Bertz CT molecular complexity index is 1710. The van der Waals surface area contributed by atoms with Crippen LogP contribution in [0.15, 0.2) is 116 Å². The Morgan fingerprint density at radius 2 is 1.59 bits per heavy atom. The van der Waals surface area contributed by atoms with Gasteiger partial charge in [-0.1, -0.05) is 85.3 Å². The van der Waals surface area contributed by atoms with Crippen LogP contribution in [0.3, 0.4) is 0 Å². The van der Waals surface area contributed by atoms with Crippen LogP contribution < -0.4 is 10.1 Å². The number of aromatic nitrogens is 3.